The van der Waals surface area contributed by atoms with E-state index in [-0.39, 0.29) is 5.91 Å². The Morgan fingerprint density at radius 1 is 1.38 bits per heavy atom. The van der Waals surface area contributed by atoms with Crippen LogP contribution >= 0.6 is 11.8 Å². The van der Waals surface area contributed by atoms with Crippen LogP contribution in [0, 0.1) is 11.8 Å². The van der Waals surface area contributed by atoms with E-state index in [1.54, 1.807) is 23.0 Å². The summed E-state index contributed by atoms with van der Waals surface area (Å²) in [6, 6.07) is 1.80. The quantitative estimate of drug-likeness (QED) is 0.808. The first-order chi connectivity index (χ1) is 10.1. The standard InChI is InChI=1S/C14H19N5OS/c1-10-6-11(2)8-18(7-10)12(20)9-21-14-16-13-15-4-3-5-19(13)17-14/h3-5,10-11H,6-9H2,1-2H3. The van der Waals surface area contributed by atoms with Crippen molar-refractivity contribution in [3.63, 3.8) is 0 Å². The number of rotatable bonds is 3. The van der Waals surface area contributed by atoms with Gasteiger partial charge in [0, 0.05) is 25.5 Å². The molecule has 0 spiro atoms. The number of nitrogens with zero attached hydrogens (tertiary/aromatic N) is 5. The van der Waals surface area contributed by atoms with Crippen LogP contribution in [0.4, 0.5) is 0 Å². The highest BCUT2D eigenvalue weighted by molar-refractivity contribution is 7.99. The van der Waals surface area contributed by atoms with E-state index in [2.05, 4.69) is 28.9 Å². The second kappa shape index (κ2) is 6.01. The summed E-state index contributed by atoms with van der Waals surface area (Å²) >= 11 is 1.38. The Bertz CT molecular complexity index is 600. The van der Waals surface area contributed by atoms with Crippen molar-refractivity contribution in [3.8, 4) is 0 Å². The van der Waals surface area contributed by atoms with Gasteiger partial charge >= 0.3 is 0 Å². The molecular weight excluding hydrogens is 286 g/mol. The number of piperidine rings is 1. The third-order valence-corrected chi connectivity index (χ3v) is 4.47. The normalized spacial score (nSPS) is 22.7. The minimum atomic E-state index is 0.171. The van der Waals surface area contributed by atoms with Crippen molar-refractivity contribution in [3.05, 3.63) is 18.5 Å². The van der Waals surface area contributed by atoms with Crippen LogP contribution in [0.15, 0.2) is 23.6 Å². The van der Waals surface area contributed by atoms with Crippen molar-refractivity contribution in [2.75, 3.05) is 18.8 Å². The molecule has 0 aliphatic carbocycles. The molecular formula is C14H19N5OS. The number of aromatic nitrogens is 4. The lowest BCUT2D eigenvalue weighted by atomic mass is 9.92. The molecule has 3 rings (SSSR count). The molecule has 2 aromatic heterocycles. The molecule has 0 radical (unpaired) electrons. The largest absolute Gasteiger partial charge is 0.341 e. The van der Waals surface area contributed by atoms with Crippen molar-refractivity contribution in [2.24, 2.45) is 11.8 Å². The molecule has 1 aliphatic rings. The molecule has 1 aliphatic heterocycles. The minimum Gasteiger partial charge on any atom is -0.341 e. The number of likely N-dealkylation sites (tertiary alicyclic amines) is 1. The van der Waals surface area contributed by atoms with Crippen LogP contribution in [-0.2, 0) is 4.79 Å². The topological polar surface area (TPSA) is 63.4 Å². The number of fused-ring (bicyclic) bond motifs is 1. The summed E-state index contributed by atoms with van der Waals surface area (Å²) in [4.78, 5) is 22.7. The van der Waals surface area contributed by atoms with E-state index in [1.807, 2.05) is 4.90 Å². The Hall–Kier alpha value is -1.63. The van der Waals surface area contributed by atoms with Gasteiger partial charge in [0.2, 0.25) is 11.1 Å². The summed E-state index contributed by atoms with van der Waals surface area (Å²) in [5.41, 5.74) is 0. The maximum Gasteiger partial charge on any atom is 0.253 e. The smallest absolute Gasteiger partial charge is 0.253 e. The second-order valence-electron chi connectivity index (χ2n) is 5.79. The molecule has 1 saturated heterocycles. The van der Waals surface area contributed by atoms with Gasteiger partial charge in [-0.25, -0.2) is 9.50 Å². The molecule has 2 atom stereocenters. The van der Waals surface area contributed by atoms with E-state index in [1.165, 1.54) is 18.2 Å². The number of thioether (sulfide) groups is 1. The van der Waals surface area contributed by atoms with Crippen LogP contribution in [0.3, 0.4) is 0 Å². The molecule has 3 heterocycles. The maximum atomic E-state index is 12.3. The summed E-state index contributed by atoms with van der Waals surface area (Å²) in [6.45, 7) is 6.14. The fourth-order valence-corrected chi connectivity index (χ4v) is 3.59. The second-order valence-corrected chi connectivity index (χ2v) is 6.73. The number of amides is 1. The average molecular weight is 305 g/mol. The van der Waals surface area contributed by atoms with E-state index in [0.29, 0.717) is 28.5 Å². The summed E-state index contributed by atoms with van der Waals surface area (Å²) in [5, 5.41) is 4.89. The molecule has 0 bridgehead atoms. The molecule has 1 amide bonds. The van der Waals surface area contributed by atoms with Gasteiger partial charge in [-0.05, 0) is 24.3 Å². The van der Waals surface area contributed by atoms with Crippen LogP contribution in [0.2, 0.25) is 0 Å². The minimum absolute atomic E-state index is 0.171. The highest BCUT2D eigenvalue weighted by atomic mass is 32.2. The molecule has 0 aromatic carbocycles. The molecule has 112 valence electrons. The summed E-state index contributed by atoms with van der Waals surface area (Å²) in [6.07, 6.45) is 4.69. The monoisotopic (exact) mass is 305 g/mol. The van der Waals surface area contributed by atoms with E-state index in [0.717, 1.165) is 13.1 Å². The lowest BCUT2D eigenvalue weighted by molar-refractivity contribution is -0.130. The molecule has 0 saturated carbocycles. The van der Waals surface area contributed by atoms with E-state index in [9.17, 15) is 4.79 Å². The third-order valence-electron chi connectivity index (χ3n) is 3.64. The van der Waals surface area contributed by atoms with Crippen LogP contribution in [0.25, 0.3) is 5.78 Å². The van der Waals surface area contributed by atoms with Crippen LogP contribution < -0.4 is 0 Å². The first-order valence-electron chi connectivity index (χ1n) is 7.20. The predicted molar refractivity (Wildman–Crippen MR) is 81.0 cm³/mol. The summed E-state index contributed by atoms with van der Waals surface area (Å²) in [7, 11) is 0. The lowest BCUT2D eigenvalue weighted by Gasteiger charge is -2.34. The Balaban J connectivity index is 1.60. The highest BCUT2D eigenvalue weighted by Crippen LogP contribution is 2.22. The SMILES string of the molecule is CC1CC(C)CN(C(=O)CSc2nc3ncccn3n2)C1. The van der Waals surface area contributed by atoms with Crippen LogP contribution in [0.1, 0.15) is 20.3 Å². The van der Waals surface area contributed by atoms with E-state index in [4.69, 9.17) is 0 Å². The Labute approximate surface area is 128 Å². The number of carbonyl (C=O) groups excluding carboxylic acids is 1. The zero-order valence-corrected chi connectivity index (χ0v) is 13.1. The fraction of sp³-hybridized carbons (Fsp3) is 0.571. The predicted octanol–water partition coefficient (Wildman–Crippen LogP) is 1.72. The van der Waals surface area contributed by atoms with Crippen LogP contribution in [-0.4, -0.2) is 49.2 Å². The van der Waals surface area contributed by atoms with Crippen molar-refractivity contribution < 1.29 is 4.79 Å². The average Bonchev–Trinajstić information content (AvgIpc) is 2.86. The van der Waals surface area contributed by atoms with Crippen molar-refractivity contribution >= 4 is 23.4 Å². The van der Waals surface area contributed by atoms with Gasteiger partial charge in [-0.15, -0.1) is 5.10 Å². The molecule has 21 heavy (non-hydrogen) atoms. The lowest BCUT2D eigenvalue weighted by Crippen LogP contribution is -2.43. The van der Waals surface area contributed by atoms with Gasteiger partial charge in [0.05, 0.1) is 5.75 Å². The van der Waals surface area contributed by atoms with Gasteiger partial charge in [0.1, 0.15) is 0 Å². The zero-order valence-electron chi connectivity index (χ0n) is 12.3. The zero-order chi connectivity index (χ0) is 14.8. The molecule has 1 fully saturated rings. The Kier molecular flexibility index (Phi) is 4.10. The Morgan fingerprint density at radius 2 is 2.14 bits per heavy atom. The van der Waals surface area contributed by atoms with Crippen molar-refractivity contribution in [2.45, 2.75) is 25.4 Å². The third kappa shape index (κ3) is 3.34. The van der Waals surface area contributed by atoms with E-state index < -0.39 is 0 Å². The molecule has 2 aromatic rings. The van der Waals surface area contributed by atoms with Crippen molar-refractivity contribution in [1.29, 1.82) is 0 Å². The van der Waals surface area contributed by atoms with Crippen molar-refractivity contribution in [1.82, 2.24) is 24.5 Å². The molecule has 2 unspecified atom stereocenters. The molecule has 0 N–H and O–H groups in total. The molecule has 6 nitrogen and oxygen atoms in total. The number of hydrogen-bond donors (Lipinski definition) is 0. The van der Waals surface area contributed by atoms with Gasteiger partial charge in [0.15, 0.2) is 0 Å². The fourth-order valence-electron chi connectivity index (χ4n) is 2.86. The van der Waals surface area contributed by atoms with Gasteiger partial charge in [-0.1, -0.05) is 25.6 Å². The van der Waals surface area contributed by atoms with Gasteiger partial charge in [-0.2, -0.15) is 4.98 Å². The molecule has 7 heteroatoms. The van der Waals surface area contributed by atoms with Gasteiger partial charge < -0.3 is 4.90 Å². The van der Waals surface area contributed by atoms with E-state index >= 15 is 0 Å². The van der Waals surface area contributed by atoms with Crippen LogP contribution in [0.5, 0.6) is 0 Å². The number of carbonyl (C=O) groups is 1. The first-order valence-corrected chi connectivity index (χ1v) is 8.18. The number of hydrogen-bond acceptors (Lipinski definition) is 5. The van der Waals surface area contributed by atoms with Gasteiger partial charge in [0.25, 0.3) is 5.78 Å². The summed E-state index contributed by atoms with van der Waals surface area (Å²) in [5.74, 6) is 2.29. The van der Waals surface area contributed by atoms with Gasteiger partial charge in [-0.3, -0.25) is 4.79 Å². The summed E-state index contributed by atoms with van der Waals surface area (Å²) < 4.78 is 1.62. The highest BCUT2D eigenvalue weighted by Gasteiger charge is 2.25. The first kappa shape index (κ1) is 14.3. The maximum absolute atomic E-state index is 12.3. The Morgan fingerprint density at radius 3 is 2.86 bits per heavy atom.